The highest BCUT2D eigenvalue weighted by Crippen LogP contribution is 2.19. The number of carboxylic acids is 1. The van der Waals surface area contributed by atoms with E-state index in [4.69, 9.17) is 5.11 Å². The maximum Gasteiger partial charge on any atom is 0.303 e. The third kappa shape index (κ3) is 4.15. The van der Waals surface area contributed by atoms with E-state index in [9.17, 15) is 4.79 Å². The van der Waals surface area contributed by atoms with Gasteiger partial charge in [0, 0.05) is 13.1 Å². The van der Waals surface area contributed by atoms with Crippen molar-refractivity contribution in [1.82, 2.24) is 4.90 Å². The first-order valence-corrected chi connectivity index (χ1v) is 6.72. The molecule has 0 amide bonds. The Morgan fingerprint density at radius 3 is 2.61 bits per heavy atom. The molecule has 1 aromatic rings. The first kappa shape index (κ1) is 13.1. The molecular weight excluding hydrogens is 226 g/mol. The van der Waals surface area contributed by atoms with E-state index in [1.165, 1.54) is 18.4 Å². The molecule has 0 atom stereocenters. The first-order chi connectivity index (χ1) is 8.74. The second-order valence-electron chi connectivity index (χ2n) is 5.17. The van der Waals surface area contributed by atoms with Gasteiger partial charge in [0.25, 0.3) is 0 Å². The highest BCUT2D eigenvalue weighted by atomic mass is 16.4. The van der Waals surface area contributed by atoms with Crippen LogP contribution in [-0.4, -0.2) is 35.6 Å². The molecule has 3 heteroatoms. The molecule has 1 N–H and O–H groups in total. The second-order valence-corrected chi connectivity index (χ2v) is 5.17. The summed E-state index contributed by atoms with van der Waals surface area (Å²) in [6.07, 6.45) is 3.90. The lowest BCUT2D eigenvalue weighted by atomic mass is 9.96. The third-order valence-corrected chi connectivity index (χ3v) is 3.53. The number of benzene rings is 1. The lowest BCUT2D eigenvalue weighted by Crippen LogP contribution is -2.47. The van der Waals surface area contributed by atoms with E-state index in [0.717, 1.165) is 26.1 Å². The van der Waals surface area contributed by atoms with Crippen LogP contribution in [0.25, 0.3) is 0 Å². The van der Waals surface area contributed by atoms with Gasteiger partial charge in [-0.05, 0) is 37.3 Å². The maximum atomic E-state index is 10.5. The molecule has 1 aromatic carbocycles. The standard InChI is InChI=1S/C15H21NO2/c17-15(18)10-14-11-16(12-14)9-5-4-8-13-6-2-1-3-7-13/h1-3,6-7,14H,4-5,8-12H2,(H,17,18). The molecule has 0 aromatic heterocycles. The Morgan fingerprint density at radius 2 is 1.94 bits per heavy atom. The fraction of sp³-hybridized carbons (Fsp3) is 0.533. The van der Waals surface area contributed by atoms with E-state index in [2.05, 4.69) is 29.2 Å². The maximum absolute atomic E-state index is 10.5. The normalized spacial score (nSPS) is 16.4. The summed E-state index contributed by atoms with van der Waals surface area (Å²) in [6, 6.07) is 10.6. The summed E-state index contributed by atoms with van der Waals surface area (Å²) in [6.45, 7) is 3.05. The highest BCUT2D eigenvalue weighted by molar-refractivity contribution is 5.67. The molecule has 98 valence electrons. The molecule has 1 aliphatic heterocycles. The molecule has 2 rings (SSSR count). The van der Waals surface area contributed by atoms with E-state index < -0.39 is 5.97 Å². The van der Waals surface area contributed by atoms with Gasteiger partial charge < -0.3 is 10.0 Å². The van der Waals surface area contributed by atoms with Gasteiger partial charge in [-0.15, -0.1) is 0 Å². The van der Waals surface area contributed by atoms with Crippen LogP contribution in [0.2, 0.25) is 0 Å². The Balaban J connectivity index is 1.52. The van der Waals surface area contributed by atoms with E-state index in [1.54, 1.807) is 0 Å². The summed E-state index contributed by atoms with van der Waals surface area (Å²) in [4.78, 5) is 12.9. The molecule has 0 radical (unpaired) electrons. The van der Waals surface area contributed by atoms with Crippen LogP contribution in [-0.2, 0) is 11.2 Å². The van der Waals surface area contributed by atoms with Crippen molar-refractivity contribution in [2.45, 2.75) is 25.7 Å². The topological polar surface area (TPSA) is 40.5 Å². The van der Waals surface area contributed by atoms with Crippen molar-refractivity contribution in [2.24, 2.45) is 5.92 Å². The van der Waals surface area contributed by atoms with Crippen LogP contribution in [0.15, 0.2) is 30.3 Å². The molecule has 3 nitrogen and oxygen atoms in total. The van der Waals surface area contributed by atoms with Gasteiger partial charge >= 0.3 is 5.97 Å². The number of hydrogen-bond acceptors (Lipinski definition) is 2. The molecule has 1 fully saturated rings. The molecule has 0 spiro atoms. The summed E-state index contributed by atoms with van der Waals surface area (Å²) in [5.74, 6) is -0.277. The number of nitrogens with zero attached hydrogens (tertiary/aromatic N) is 1. The van der Waals surface area contributed by atoms with E-state index >= 15 is 0 Å². The minimum atomic E-state index is -0.663. The van der Waals surface area contributed by atoms with Crippen molar-refractivity contribution in [3.8, 4) is 0 Å². The summed E-state index contributed by atoms with van der Waals surface area (Å²) in [5, 5.41) is 8.66. The van der Waals surface area contributed by atoms with Gasteiger partial charge in [-0.1, -0.05) is 30.3 Å². The van der Waals surface area contributed by atoms with Crippen LogP contribution < -0.4 is 0 Å². The zero-order valence-corrected chi connectivity index (χ0v) is 10.7. The molecular formula is C15H21NO2. The average Bonchev–Trinajstić information content (AvgIpc) is 2.31. The van der Waals surface area contributed by atoms with E-state index in [0.29, 0.717) is 12.3 Å². The van der Waals surface area contributed by atoms with Gasteiger partial charge in [-0.2, -0.15) is 0 Å². The number of carbonyl (C=O) groups is 1. The van der Waals surface area contributed by atoms with Crippen molar-refractivity contribution < 1.29 is 9.90 Å². The fourth-order valence-electron chi connectivity index (χ4n) is 2.54. The molecule has 0 bridgehead atoms. The SMILES string of the molecule is O=C(O)CC1CN(CCCCc2ccccc2)C1. The average molecular weight is 247 g/mol. The monoisotopic (exact) mass is 247 g/mol. The van der Waals surface area contributed by atoms with Gasteiger partial charge in [-0.3, -0.25) is 4.79 Å². The molecule has 1 aliphatic rings. The minimum absolute atomic E-state index is 0.334. The van der Waals surface area contributed by atoms with Crippen LogP contribution in [0.4, 0.5) is 0 Å². The number of aliphatic carboxylic acids is 1. The summed E-state index contributed by atoms with van der Waals surface area (Å²) in [7, 11) is 0. The number of hydrogen-bond donors (Lipinski definition) is 1. The van der Waals surface area contributed by atoms with E-state index in [-0.39, 0.29) is 0 Å². The summed E-state index contributed by atoms with van der Waals surface area (Å²) >= 11 is 0. The van der Waals surface area contributed by atoms with Crippen molar-refractivity contribution in [3.05, 3.63) is 35.9 Å². The van der Waals surface area contributed by atoms with Crippen LogP contribution in [0, 0.1) is 5.92 Å². The Kier molecular flexibility index (Phi) is 4.76. The molecule has 1 heterocycles. The van der Waals surface area contributed by atoms with Crippen LogP contribution in [0.3, 0.4) is 0 Å². The Labute approximate surface area is 108 Å². The Hall–Kier alpha value is -1.35. The fourth-order valence-corrected chi connectivity index (χ4v) is 2.54. The van der Waals surface area contributed by atoms with E-state index in [1.807, 2.05) is 6.07 Å². The second kappa shape index (κ2) is 6.55. The molecule has 0 saturated carbocycles. The van der Waals surface area contributed by atoms with Crippen molar-refractivity contribution in [2.75, 3.05) is 19.6 Å². The van der Waals surface area contributed by atoms with Gasteiger partial charge in [0.05, 0.1) is 6.42 Å². The van der Waals surface area contributed by atoms with Gasteiger partial charge in [0.1, 0.15) is 0 Å². The first-order valence-electron chi connectivity index (χ1n) is 6.72. The molecule has 18 heavy (non-hydrogen) atoms. The Bertz CT molecular complexity index is 371. The predicted molar refractivity (Wildman–Crippen MR) is 71.6 cm³/mol. The number of unbranched alkanes of at least 4 members (excludes halogenated alkanes) is 1. The predicted octanol–water partition coefficient (Wildman–Crippen LogP) is 2.42. The zero-order chi connectivity index (χ0) is 12.8. The van der Waals surface area contributed by atoms with Crippen LogP contribution in [0.1, 0.15) is 24.8 Å². The number of likely N-dealkylation sites (tertiary alicyclic amines) is 1. The van der Waals surface area contributed by atoms with Crippen LogP contribution in [0.5, 0.6) is 0 Å². The molecule has 0 aliphatic carbocycles. The quantitative estimate of drug-likeness (QED) is 0.752. The van der Waals surface area contributed by atoms with Crippen molar-refractivity contribution >= 4 is 5.97 Å². The third-order valence-electron chi connectivity index (χ3n) is 3.53. The summed E-state index contributed by atoms with van der Waals surface area (Å²) < 4.78 is 0. The summed E-state index contributed by atoms with van der Waals surface area (Å²) in [5.41, 5.74) is 1.41. The lowest BCUT2D eigenvalue weighted by Gasteiger charge is -2.38. The number of aryl methyl sites for hydroxylation is 1. The van der Waals surface area contributed by atoms with Crippen molar-refractivity contribution in [1.29, 1.82) is 0 Å². The largest absolute Gasteiger partial charge is 0.481 e. The van der Waals surface area contributed by atoms with Crippen molar-refractivity contribution in [3.63, 3.8) is 0 Å². The number of carboxylic acid groups (broad SMARTS) is 1. The zero-order valence-electron chi connectivity index (χ0n) is 10.7. The van der Waals surface area contributed by atoms with Crippen LogP contribution >= 0.6 is 0 Å². The molecule has 0 unspecified atom stereocenters. The number of rotatable bonds is 7. The van der Waals surface area contributed by atoms with Gasteiger partial charge in [0.2, 0.25) is 0 Å². The smallest absolute Gasteiger partial charge is 0.303 e. The Morgan fingerprint density at radius 1 is 1.22 bits per heavy atom. The minimum Gasteiger partial charge on any atom is -0.481 e. The highest BCUT2D eigenvalue weighted by Gasteiger charge is 2.27. The van der Waals surface area contributed by atoms with Gasteiger partial charge in [0.15, 0.2) is 0 Å². The lowest BCUT2D eigenvalue weighted by molar-refractivity contribution is -0.139. The molecule has 1 saturated heterocycles. The van der Waals surface area contributed by atoms with Gasteiger partial charge in [-0.25, -0.2) is 0 Å².